The molecule has 1 saturated carbocycles. The fraction of sp³-hybridized carbons (Fsp3) is 0.412. The number of carbonyl (C=O) groups is 1. The van der Waals surface area contributed by atoms with Gasteiger partial charge in [-0.1, -0.05) is 24.3 Å². The molecule has 4 heteroatoms. The van der Waals surface area contributed by atoms with Gasteiger partial charge in [0, 0.05) is 11.5 Å². The zero-order valence-electron chi connectivity index (χ0n) is 12.1. The van der Waals surface area contributed by atoms with Crippen molar-refractivity contribution in [1.82, 2.24) is 15.0 Å². The third kappa shape index (κ3) is 3.11. The Kier molecular flexibility index (Phi) is 3.98. The summed E-state index contributed by atoms with van der Waals surface area (Å²) in [6, 6.07) is 0.272. The Labute approximate surface area is 124 Å². The Morgan fingerprint density at radius 3 is 3.10 bits per heavy atom. The minimum Gasteiger partial charge on any atom is -0.303 e. The van der Waals surface area contributed by atoms with E-state index in [2.05, 4.69) is 23.0 Å². The maximum Gasteiger partial charge on any atom is 0.123 e. The third-order valence-corrected chi connectivity index (χ3v) is 4.15. The molecule has 1 aromatic rings. The quantitative estimate of drug-likeness (QED) is 0.631. The zero-order chi connectivity index (χ0) is 14.7. The van der Waals surface area contributed by atoms with Gasteiger partial charge in [-0.2, -0.15) is 0 Å². The molecule has 0 N–H and O–H groups in total. The first-order valence-electron chi connectivity index (χ1n) is 7.43. The normalized spacial score (nSPS) is 28.2. The second-order valence-corrected chi connectivity index (χ2v) is 5.93. The van der Waals surface area contributed by atoms with Gasteiger partial charge in [0.25, 0.3) is 0 Å². The van der Waals surface area contributed by atoms with Gasteiger partial charge >= 0.3 is 0 Å². The second kappa shape index (κ2) is 6.06. The van der Waals surface area contributed by atoms with Crippen LogP contribution >= 0.6 is 0 Å². The predicted octanol–water partition coefficient (Wildman–Crippen LogP) is 3.12. The van der Waals surface area contributed by atoms with Gasteiger partial charge < -0.3 is 4.79 Å². The van der Waals surface area contributed by atoms with Crippen LogP contribution in [0, 0.1) is 11.8 Å². The smallest absolute Gasteiger partial charge is 0.123 e. The molecule has 3 unspecified atom stereocenters. The van der Waals surface area contributed by atoms with Crippen LogP contribution in [-0.4, -0.2) is 21.3 Å². The fourth-order valence-corrected chi connectivity index (χ4v) is 3.16. The standard InChI is InChI=1S/C17H19N3O/c1-13-8-14(12-21)10-16(9-13)20-11-17(18-19-20)15-6-4-2-3-5-7-15/h2,4-7,11-14,16H,8-10H2,1H3. The van der Waals surface area contributed by atoms with Crippen molar-refractivity contribution in [2.75, 3.05) is 0 Å². The molecule has 2 aliphatic carbocycles. The minimum absolute atomic E-state index is 0.149. The van der Waals surface area contributed by atoms with Crippen LogP contribution in [0.4, 0.5) is 0 Å². The fourth-order valence-electron chi connectivity index (χ4n) is 3.16. The van der Waals surface area contributed by atoms with E-state index in [0.29, 0.717) is 5.92 Å². The molecule has 21 heavy (non-hydrogen) atoms. The van der Waals surface area contributed by atoms with Crippen molar-refractivity contribution in [3.8, 4) is 0 Å². The summed E-state index contributed by atoms with van der Waals surface area (Å²) in [6.07, 6.45) is 15.7. The van der Waals surface area contributed by atoms with Crippen molar-refractivity contribution < 1.29 is 4.79 Å². The number of hydrogen-bond acceptors (Lipinski definition) is 3. The third-order valence-electron chi connectivity index (χ3n) is 4.15. The van der Waals surface area contributed by atoms with Crippen molar-refractivity contribution >= 4 is 11.9 Å². The molecule has 1 fully saturated rings. The number of aromatic nitrogens is 3. The molecule has 0 amide bonds. The van der Waals surface area contributed by atoms with Crippen LogP contribution in [0.5, 0.6) is 0 Å². The minimum atomic E-state index is 0.149. The maximum absolute atomic E-state index is 11.1. The highest BCUT2D eigenvalue weighted by Crippen LogP contribution is 2.35. The molecule has 4 nitrogen and oxygen atoms in total. The molecule has 108 valence electrons. The van der Waals surface area contributed by atoms with E-state index >= 15 is 0 Å². The number of aldehydes is 1. The molecule has 0 radical (unpaired) electrons. The van der Waals surface area contributed by atoms with Gasteiger partial charge in [-0.25, -0.2) is 4.68 Å². The van der Waals surface area contributed by atoms with E-state index in [9.17, 15) is 4.79 Å². The second-order valence-electron chi connectivity index (χ2n) is 5.93. The first-order valence-corrected chi connectivity index (χ1v) is 7.43. The van der Waals surface area contributed by atoms with E-state index in [-0.39, 0.29) is 12.0 Å². The van der Waals surface area contributed by atoms with Crippen LogP contribution in [0.2, 0.25) is 0 Å². The SMILES string of the molecule is CC1CC(C=O)CC(n2cc(C3=CC=C=CC=C3)nn2)C1. The van der Waals surface area contributed by atoms with Crippen LogP contribution in [0.25, 0.3) is 5.57 Å². The molecule has 0 aromatic carbocycles. The van der Waals surface area contributed by atoms with E-state index in [1.54, 1.807) is 0 Å². The summed E-state index contributed by atoms with van der Waals surface area (Å²) in [4.78, 5) is 11.1. The Balaban J connectivity index is 1.80. The molecule has 1 heterocycles. The lowest BCUT2D eigenvalue weighted by molar-refractivity contribution is -0.112. The average Bonchev–Trinajstić information content (AvgIpc) is 2.82. The van der Waals surface area contributed by atoms with Crippen LogP contribution < -0.4 is 0 Å². The first-order chi connectivity index (χ1) is 10.3. The first kappa shape index (κ1) is 13.8. The lowest BCUT2D eigenvalue weighted by atomic mass is 9.80. The highest BCUT2D eigenvalue weighted by atomic mass is 16.1. The monoisotopic (exact) mass is 281 g/mol. The highest BCUT2D eigenvalue weighted by Gasteiger charge is 2.28. The van der Waals surface area contributed by atoms with Gasteiger partial charge in [-0.05, 0) is 43.4 Å². The number of carbonyl (C=O) groups excluding carboxylic acids is 1. The maximum atomic E-state index is 11.1. The molecule has 3 atom stereocenters. The van der Waals surface area contributed by atoms with Crippen molar-refractivity contribution in [2.45, 2.75) is 32.2 Å². The van der Waals surface area contributed by atoms with Crippen molar-refractivity contribution in [3.05, 3.63) is 48.0 Å². The Morgan fingerprint density at radius 2 is 2.24 bits per heavy atom. The Bertz CT molecular complexity index is 647. The van der Waals surface area contributed by atoms with E-state index in [1.807, 2.05) is 41.3 Å². The van der Waals surface area contributed by atoms with E-state index in [4.69, 9.17) is 0 Å². The van der Waals surface area contributed by atoms with Gasteiger partial charge in [0.2, 0.25) is 0 Å². The van der Waals surface area contributed by atoms with Crippen LogP contribution in [0.3, 0.4) is 0 Å². The van der Waals surface area contributed by atoms with Crippen molar-refractivity contribution in [1.29, 1.82) is 0 Å². The van der Waals surface area contributed by atoms with E-state index in [0.717, 1.165) is 36.8 Å². The van der Waals surface area contributed by atoms with E-state index < -0.39 is 0 Å². The topological polar surface area (TPSA) is 47.8 Å². The summed E-state index contributed by atoms with van der Waals surface area (Å²) in [7, 11) is 0. The zero-order valence-corrected chi connectivity index (χ0v) is 12.1. The molecule has 0 spiro atoms. The van der Waals surface area contributed by atoms with Crippen LogP contribution in [0.15, 0.2) is 42.3 Å². The lowest BCUT2D eigenvalue weighted by Crippen LogP contribution is -2.25. The van der Waals surface area contributed by atoms with Crippen LogP contribution in [-0.2, 0) is 4.79 Å². The van der Waals surface area contributed by atoms with Gasteiger partial charge in [-0.3, -0.25) is 0 Å². The molecule has 3 rings (SSSR count). The Hall–Kier alpha value is -2.19. The summed E-state index contributed by atoms with van der Waals surface area (Å²) < 4.78 is 1.93. The van der Waals surface area contributed by atoms with Crippen LogP contribution in [0.1, 0.15) is 37.9 Å². The summed E-state index contributed by atoms with van der Waals surface area (Å²) >= 11 is 0. The number of nitrogens with zero attached hydrogens (tertiary/aromatic N) is 3. The van der Waals surface area contributed by atoms with Gasteiger partial charge in [0.05, 0.1) is 12.2 Å². The predicted molar refractivity (Wildman–Crippen MR) is 81.4 cm³/mol. The van der Waals surface area contributed by atoms with Gasteiger partial charge in [0.15, 0.2) is 0 Å². The lowest BCUT2D eigenvalue weighted by Gasteiger charge is -2.30. The summed E-state index contributed by atoms with van der Waals surface area (Å²) in [5.41, 5.74) is 4.92. The summed E-state index contributed by atoms with van der Waals surface area (Å²) in [6.45, 7) is 2.20. The highest BCUT2D eigenvalue weighted by molar-refractivity contribution is 5.73. The Morgan fingerprint density at radius 1 is 1.33 bits per heavy atom. The average molecular weight is 281 g/mol. The summed E-state index contributed by atoms with van der Waals surface area (Å²) in [5.74, 6) is 0.700. The van der Waals surface area contributed by atoms with Crippen molar-refractivity contribution in [2.24, 2.45) is 11.8 Å². The molecule has 1 aromatic heterocycles. The molecule has 0 bridgehead atoms. The molecular formula is C17H19N3O. The molecular weight excluding hydrogens is 262 g/mol. The van der Waals surface area contributed by atoms with Gasteiger partial charge in [0.1, 0.15) is 12.0 Å². The largest absolute Gasteiger partial charge is 0.303 e. The van der Waals surface area contributed by atoms with Crippen molar-refractivity contribution in [3.63, 3.8) is 0 Å². The van der Waals surface area contributed by atoms with Gasteiger partial charge in [-0.15, -0.1) is 10.8 Å². The molecule has 0 aliphatic heterocycles. The molecule has 2 aliphatic rings. The van der Waals surface area contributed by atoms with E-state index in [1.165, 1.54) is 0 Å². The number of hydrogen-bond donors (Lipinski definition) is 0. The number of allylic oxidation sites excluding steroid dienone is 5. The summed E-state index contributed by atoms with van der Waals surface area (Å²) in [5, 5.41) is 8.56. The number of rotatable bonds is 3. The molecule has 0 saturated heterocycles.